The van der Waals surface area contributed by atoms with Gasteiger partial charge in [0.25, 0.3) is 5.56 Å². The van der Waals surface area contributed by atoms with Crippen LogP contribution >= 0.6 is 0 Å². The number of rotatable bonds is 3. The summed E-state index contributed by atoms with van der Waals surface area (Å²) in [5, 5.41) is 9.34. The Kier molecular flexibility index (Phi) is 3.32. The van der Waals surface area contributed by atoms with Gasteiger partial charge in [-0.2, -0.15) is 0 Å². The van der Waals surface area contributed by atoms with Gasteiger partial charge in [-0.15, -0.1) is 0 Å². The maximum Gasteiger partial charge on any atom is 0.332 e. The van der Waals surface area contributed by atoms with Gasteiger partial charge in [-0.1, -0.05) is 6.92 Å². The van der Waals surface area contributed by atoms with Crippen LogP contribution in [-0.4, -0.2) is 24.2 Å². The fraction of sp³-hybridized carbons (Fsp3) is 0.267. The quantitative estimate of drug-likeness (QED) is 0.760. The van der Waals surface area contributed by atoms with Gasteiger partial charge in [0, 0.05) is 19.2 Å². The Morgan fingerprint density at radius 1 is 1.23 bits per heavy atom. The lowest BCUT2D eigenvalue weighted by Crippen LogP contribution is -2.38. The minimum atomic E-state index is -0.398. The summed E-state index contributed by atoms with van der Waals surface area (Å²) in [4.78, 5) is 31.9. The van der Waals surface area contributed by atoms with Crippen molar-refractivity contribution in [3.05, 3.63) is 45.1 Å². The Hall–Kier alpha value is -2.83. The van der Waals surface area contributed by atoms with Crippen LogP contribution in [0.2, 0.25) is 0 Å². The van der Waals surface area contributed by atoms with Crippen molar-refractivity contribution in [1.29, 1.82) is 0 Å². The van der Waals surface area contributed by atoms with Gasteiger partial charge < -0.3 is 10.1 Å². The summed E-state index contributed by atoms with van der Waals surface area (Å²) in [6.07, 6.45) is 0.759. The van der Waals surface area contributed by atoms with Gasteiger partial charge in [0.2, 0.25) is 0 Å². The highest BCUT2D eigenvalue weighted by atomic mass is 16.3. The van der Waals surface area contributed by atoms with Crippen molar-refractivity contribution in [2.75, 3.05) is 0 Å². The van der Waals surface area contributed by atoms with Gasteiger partial charge >= 0.3 is 5.69 Å². The predicted molar refractivity (Wildman–Crippen MR) is 83.0 cm³/mol. The molecule has 0 bridgehead atoms. The summed E-state index contributed by atoms with van der Waals surface area (Å²) in [5.41, 5.74) is 0.621. The van der Waals surface area contributed by atoms with E-state index in [1.165, 1.54) is 11.6 Å². The fourth-order valence-electron chi connectivity index (χ4n) is 2.42. The number of hydrogen-bond acceptors (Lipinski definition) is 4. The highest BCUT2D eigenvalue weighted by Gasteiger charge is 2.15. The van der Waals surface area contributed by atoms with Crippen molar-refractivity contribution >= 4 is 11.2 Å². The summed E-state index contributed by atoms with van der Waals surface area (Å²) >= 11 is 0. The Balaban J connectivity index is 2.31. The number of nitrogens with zero attached hydrogens (tertiary/aromatic N) is 3. The van der Waals surface area contributed by atoms with Crippen LogP contribution in [0.15, 0.2) is 33.9 Å². The zero-order valence-electron chi connectivity index (χ0n) is 12.3. The van der Waals surface area contributed by atoms with Crippen LogP contribution < -0.4 is 11.2 Å². The van der Waals surface area contributed by atoms with E-state index in [9.17, 15) is 14.7 Å². The van der Waals surface area contributed by atoms with E-state index in [1.54, 1.807) is 24.3 Å². The first-order valence-corrected chi connectivity index (χ1v) is 7.02. The molecule has 1 aromatic carbocycles. The van der Waals surface area contributed by atoms with Crippen LogP contribution in [0.3, 0.4) is 0 Å². The molecule has 0 spiro atoms. The lowest BCUT2D eigenvalue weighted by molar-refractivity contribution is 0.475. The second-order valence-electron chi connectivity index (χ2n) is 5.13. The van der Waals surface area contributed by atoms with Crippen LogP contribution in [0.4, 0.5) is 0 Å². The number of aryl methyl sites for hydroxylation is 1. The number of phenols is 1. The SMILES string of the molecule is CCCn1c(=O)n(C)c(=O)c2[nH]c(-c3ccc(O)cc3)nc21. The first-order chi connectivity index (χ1) is 10.5. The maximum atomic E-state index is 12.2. The van der Waals surface area contributed by atoms with Crippen molar-refractivity contribution < 1.29 is 5.11 Å². The van der Waals surface area contributed by atoms with E-state index in [4.69, 9.17) is 0 Å². The van der Waals surface area contributed by atoms with Crippen LogP contribution in [0.25, 0.3) is 22.6 Å². The second-order valence-corrected chi connectivity index (χ2v) is 5.13. The molecule has 2 N–H and O–H groups in total. The van der Waals surface area contributed by atoms with Crippen LogP contribution in [-0.2, 0) is 13.6 Å². The zero-order chi connectivity index (χ0) is 15.9. The summed E-state index contributed by atoms with van der Waals surface area (Å²) in [7, 11) is 1.46. The van der Waals surface area contributed by atoms with E-state index in [1.807, 2.05) is 6.92 Å². The minimum absolute atomic E-state index is 0.152. The van der Waals surface area contributed by atoms with Gasteiger partial charge in [0.15, 0.2) is 5.65 Å². The lowest BCUT2D eigenvalue weighted by atomic mass is 10.2. The molecule has 2 heterocycles. The number of imidazole rings is 1. The highest BCUT2D eigenvalue weighted by Crippen LogP contribution is 2.20. The number of H-pyrrole nitrogens is 1. The number of fused-ring (bicyclic) bond motifs is 1. The highest BCUT2D eigenvalue weighted by molar-refractivity contribution is 5.75. The number of aromatic hydroxyl groups is 1. The largest absolute Gasteiger partial charge is 0.508 e. The molecular formula is C15H16N4O3. The molecule has 0 fully saturated rings. The van der Waals surface area contributed by atoms with Crippen molar-refractivity contribution in [2.45, 2.75) is 19.9 Å². The Morgan fingerprint density at radius 3 is 2.55 bits per heavy atom. The number of benzene rings is 1. The first-order valence-electron chi connectivity index (χ1n) is 7.02. The van der Waals surface area contributed by atoms with Crippen LogP contribution in [0.1, 0.15) is 13.3 Å². The predicted octanol–water partition coefficient (Wildman–Crippen LogP) is 1.21. The van der Waals surface area contributed by atoms with E-state index in [-0.39, 0.29) is 11.4 Å². The summed E-state index contributed by atoms with van der Waals surface area (Å²) in [5.74, 6) is 0.640. The Bertz CT molecular complexity index is 948. The average Bonchev–Trinajstić information content (AvgIpc) is 2.95. The number of aromatic nitrogens is 4. The third-order valence-electron chi connectivity index (χ3n) is 3.56. The standard InChI is InChI=1S/C15H16N4O3/c1-3-8-19-13-11(14(21)18(2)15(19)22)16-12(17-13)9-4-6-10(20)7-5-9/h4-7,20H,3,8H2,1-2H3,(H,16,17). The molecule has 3 rings (SSSR count). The summed E-state index contributed by atoms with van der Waals surface area (Å²) < 4.78 is 2.58. The van der Waals surface area contributed by atoms with Crippen LogP contribution in [0, 0.1) is 0 Å². The molecule has 0 saturated carbocycles. The fourth-order valence-corrected chi connectivity index (χ4v) is 2.42. The van der Waals surface area contributed by atoms with Gasteiger partial charge in [0.1, 0.15) is 17.1 Å². The molecule has 0 amide bonds. The van der Waals surface area contributed by atoms with Crippen molar-refractivity contribution in [3.8, 4) is 17.1 Å². The van der Waals surface area contributed by atoms with Crippen LogP contribution in [0.5, 0.6) is 5.75 Å². The molecule has 7 heteroatoms. The van der Waals surface area contributed by atoms with E-state index in [0.29, 0.717) is 23.5 Å². The van der Waals surface area contributed by atoms with Gasteiger partial charge in [0.05, 0.1) is 0 Å². The van der Waals surface area contributed by atoms with Crippen molar-refractivity contribution in [2.24, 2.45) is 7.05 Å². The molecule has 0 atom stereocenters. The summed E-state index contributed by atoms with van der Waals surface area (Å²) in [6, 6.07) is 6.47. The smallest absolute Gasteiger partial charge is 0.332 e. The van der Waals surface area contributed by atoms with Gasteiger partial charge in [-0.05, 0) is 30.7 Å². The summed E-state index contributed by atoms with van der Waals surface area (Å²) in [6.45, 7) is 2.44. The monoisotopic (exact) mass is 300 g/mol. The molecule has 7 nitrogen and oxygen atoms in total. The lowest BCUT2D eigenvalue weighted by Gasteiger charge is -2.06. The molecule has 0 aliphatic carbocycles. The molecular weight excluding hydrogens is 284 g/mol. The third kappa shape index (κ3) is 2.11. The minimum Gasteiger partial charge on any atom is -0.508 e. The van der Waals surface area contributed by atoms with Crippen molar-refractivity contribution in [1.82, 2.24) is 19.1 Å². The van der Waals surface area contributed by atoms with E-state index in [2.05, 4.69) is 9.97 Å². The molecule has 0 aliphatic heterocycles. The molecule has 0 radical (unpaired) electrons. The first kappa shape index (κ1) is 14.1. The van der Waals surface area contributed by atoms with E-state index >= 15 is 0 Å². The van der Waals surface area contributed by atoms with E-state index in [0.717, 1.165) is 16.6 Å². The Labute approximate surface area is 125 Å². The maximum absolute atomic E-state index is 12.2. The van der Waals surface area contributed by atoms with Gasteiger partial charge in [-0.25, -0.2) is 9.78 Å². The molecule has 22 heavy (non-hydrogen) atoms. The Morgan fingerprint density at radius 2 is 1.91 bits per heavy atom. The average molecular weight is 300 g/mol. The molecule has 0 aliphatic rings. The third-order valence-corrected chi connectivity index (χ3v) is 3.56. The van der Waals surface area contributed by atoms with Gasteiger partial charge in [-0.3, -0.25) is 13.9 Å². The molecule has 114 valence electrons. The molecule has 0 unspecified atom stereocenters. The second kappa shape index (κ2) is 5.18. The number of hydrogen-bond donors (Lipinski definition) is 2. The topological polar surface area (TPSA) is 92.9 Å². The molecule has 2 aromatic heterocycles. The molecule has 0 saturated heterocycles. The molecule has 3 aromatic rings. The number of phenolic OH excluding ortho intramolecular Hbond substituents is 1. The number of aromatic amines is 1. The zero-order valence-corrected chi connectivity index (χ0v) is 12.3. The van der Waals surface area contributed by atoms with Crippen molar-refractivity contribution in [3.63, 3.8) is 0 Å². The van der Waals surface area contributed by atoms with E-state index < -0.39 is 5.56 Å². The number of nitrogens with one attached hydrogen (secondary N) is 1. The normalized spacial score (nSPS) is 11.2.